The van der Waals surface area contributed by atoms with Crippen molar-refractivity contribution in [3.63, 3.8) is 0 Å². The first-order valence-corrected chi connectivity index (χ1v) is 15.1. The second-order valence-electron chi connectivity index (χ2n) is 10.6. The van der Waals surface area contributed by atoms with Gasteiger partial charge in [0.05, 0.1) is 22.5 Å². The lowest BCUT2D eigenvalue weighted by molar-refractivity contribution is -0.138. The van der Waals surface area contributed by atoms with Gasteiger partial charge in [-0.25, -0.2) is 14.8 Å². The predicted octanol–water partition coefficient (Wildman–Crippen LogP) is 5.14. The predicted molar refractivity (Wildman–Crippen MR) is 161 cm³/mol. The molecule has 0 fully saturated rings. The number of carboxylic acids is 1. The summed E-state index contributed by atoms with van der Waals surface area (Å²) in [4.78, 5) is 23.9. The number of rotatable bonds is 14. The first-order valence-electron chi connectivity index (χ1n) is 14.3. The number of aromatic nitrogens is 4. The van der Waals surface area contributed by atoms with Gasteiger partial charge in [0.1, 0.15) is 11.9 Å². The van der Waals surface area contributed by atoms with E-state index in [1.807, 2.05) is 35.9 Å². The van der Waals surface area contributed by atoms with Gasteiger partial charge in [0.25, 0.3) is 0 Å². The number of hydrogen-bond acceptors (Lipinski definition) is 8. The molecule has 3 N–H and O–H groups in total. The Hall–Kier alpha value is -3.50. The third-order valence-electron chi connectivity index (χ3n) is 7.46. The van der Waals surface area contributed by atoms with Crippen molar-refractivity contribution in [2.45, 2.75) is 65.0 Å². The number of aliphatic carboxylic acids is 1. The number of unbranched alkanes of at least 4 members (excludes halogenated alkanes) is 1. The summed E-state index contributed by atoms with van der Waals surface area (Å²) in [7, 11) is 0. The number of nitrogens with zero attached hydrogens (tertiary/aromatic N) is 5. The monoisotopic (exact) mass is 561 g/mol. The first kappa shape index (κ1) is 28.0. The molecule has 4 aromatic rings. The summed E-state index contributed by atoms with van der Waals surface area (Å²) in [6.07, 6.45) is 5.75. The van der Waals surface area contributed by atoms with E-state index in [0.29, 0.717) is 18.1 Å². The van der Waals surface area contributed by atoms with Gasteiger partial charge in [0.15, 0.2) is 5.13 Å². The van der Waals surface area contributed by atoms with E-state index in [4.69, 9.17) is 4.98 Å². The van der Waals surface area contributed by atoms with Gasteiger partial charge >= 0.3 is 5.97 Å². The Kier molecular flexibility index (Phi) is 9.28. The van der Waals surface area contributed by atoms with E-state index < -0.39 is 12.0 Å². The van der Waals surface area contributed by atoms with Crippen molar-refractivity contribution in [1.29, 1.82) is 0 Å². The Morgan fingerprint density at radius 1 is 1.15 bits per heavy atom. The number of para-hydroxylation sites is 1. The molecule has 0 saturated heterocycles. The molecule has 1 aliphatic rings. The number of aryl methyl sites for hydroxylation is 4. The molecule has 5 rings (SSSR count). The van der Waals surface area contributed by atoms with Crippen molar-refractivity contribution < 1.29 is 9.90 Å². The van der Waals surface area contributed by atoms with Gasteiger partial charge in [-0.2, -0.15) is 5.10 Å². The molecule has 40 heavy (non-hydrogen) atoms. The highest BCUT2D eigenvalue weighted by Gasteiger charge is 2.21. The fraction of sp³-hybridized carbons (Fsp3) is 0.467. The van der Waals surface area contributed by atoms with Crippen molar-refractivity contribution in [3.05, 3.63) is 65.1 Å². The van der Waals surface area contributed by atoms with Gasteiger partial charge < -0.3 is 20.6 Å². The zero-order valence-electron chi connectivity index (χ0n) is 23.4. The van der Waals surface area contributed by atoms with Gasteiger partial charge in [0.2, 0.25) is 0 Å². The van der Waals surface area contributed by atoms with E-state index in [-0.39, 0.29) is 0 Å². The molecule has 1 atom stereocenters. The highest BCUT2D eigenvalue weighted by molar-refractivity contribution is 7.22. The van der Waals surface area contributed by atoms with E-state index >= 15 is 0 Å². The Balaban J connectivity index is 1.18. The smallest absolute Gasteiger partial charge is 0.326 e. The Morgan fingerprint density at radius 3 is 2.83 bits per heavy atom. The summed E-state index contributed by atoms with van der Waals surface area (Å²) in [5, 5.41) is 21.8. The number of anilines is 2. The lowest BCUT2D eigenvalue weighted by atomic mass is 10.1. The van der Waals surface area contributed by atoms with Crippen molar-refractivity contribution in [3.8, 4) is 0 Å². The quantitative estimate of drug-likeness (QED) is 0.182. The summed E-state index contributed by atoms with van der Waals surface area (Å²) in [5.41, 5.74) is 5.49. The molecule has 4 heterocycles. The van der Waals surface area contributed by atoms with E-state index in [0.717, 1.165) is 85.0 Å². The van der Waals surface area contributed by atoms with E-state index in [1.165, 1.54) is 23.3 Å². The molecule has 0 aliphatic carbocycles. The number of thiazole rings is 1. The minimum atomic E-state index is -0.857. The lowest BCUT2D eigenvalue weighted by Crippen LogP contribution is -2.36. The van der Waals surface area contributed by atoms with Gasteiger partial charge in [-0.05, 0) is 88.7 Å². The lowest BCUT2D eigenvalue weighted by Gasteiger charge is -2.24. The fourth-order valence-corrected chi connectivity index (χ4v) is 6.19. The van der Waals surface area contributed by atoms with E-state index in [1.54, 1.807) is 0 Å². The van der Waals surface area contributed by atoms with Crippen LogP contribution in [0.25, 0.3) is 10.2 Å². The maximum absolute atomic E-state index is 12.1. The molecule has 212 valence electrons. The molecule has 0 unspecified atom stereocenters. The van der Waals surface area contributed by atoms with Crippen molar-refractivity contribution in [2.24, 2.45) is 0 Å². The molecular formula is C30H39N7O2S. The van der Waals surface area contributed by atoms with Crippen LogP contribution < -0.4 is 10.6 Å². The molecule has 0 spiro atoms. The van der Waals surface area contributed by atoms with Crippen molar-refractivity contribution in [1.82, 2.24) is 24.6 Å². The minimum absolute atomic E-state index is 0.487. The standard InChI is InChI=1S/C30H39N7O2S/c1-21-20-22(2)37(35-21)19-18-36(16-6-5-9-24-13-12-23-8-7-15-31-28(23)32-24)17-14-26(29(38)39)34-30-33-25-10-3-4-11-27(25)40-30/h3-4,10-13,20,26H,5-9,14-19H2,1-2H3,(H,31,32)(H,33,34)(H,38,39)/t26-/m0/s1. The zero-order chi connectivity index (χ0) is 27.9. The highest BCUT2D eigenvalue weighted by Crippen LogP contribution is 2.26. The van der Waals surface area contributed by atoms with Crippen LogP contribution in [0, 0.1) is 13.8 Å². The highest BCUT2D eigenvalue weighted by atomic mass is 32.1. The van der Waals surface area contributed by atoms with Crippen LogP contribution >= 0.6 is 11.3 Å². The van der Waals surface area contributed by atoms with Crippen LogP contribution in [0.15, 0.2) is 42.5 Å². The molecule has 0 amide bonds. The largest absolute Gasteiger partial charge is 0.480 e. The van der Waals surface area contributed by atoms with Gasteiger partial charge in [-0.3, -0.25) is 4.68 Å². The van der Waals surface area contributed by atoms with Crippen LogP contribution in [0.1, 0.15) is 48.3 Å². The van der Waals surface area contributed by atoms with Crippen LogP contribution in [0.2, 0.25) is 0 Å². The number of benzene rings is 1. The number of nitrogens with one attached hydrogen (secondary N) is 2. The Bertz CT molecular complexity index is 1400. The maximum Gasteiger partial charge on any atom is 0.326 e. The summed E-state index contributed by atoms with van der Waals surface area (Å²) >= 11 is 1.49. The average molecular weight is 562 g/mol. The molecular weight excluding hydrogens is 522 g/mol. The second kappa shape index (κ2) is 13.2. The first-order chi connectivity index (χ1) is 19.4. The Morgan fingerprint density at radius 2 is 2.02 bits per heavy atom. The van der Waals surface area contributed by atoms with Crippen LogP contribution in [0.5, 0.6) is 0 Å². The number of hydrogen-bond donors (Lipinski definition) is 3. The normalized spacial score (nSPS) is 13.8. The van der Waals surface area contributed by atoms with E-state index in [9.17, 15) is 9.90 Å². The third-order valence-corrected chi connectivity index (χ3v) is 8.43. The fourth-order valence-electron chi connectivity index (χ4n) is 5.27. The topological polar surface area (TPSA) is 108 Å². The van der Waals surface area contributed by atoms with E-state index in [2.05, 4.69) is 50.7 Å². The summed E-state index contributed by atoms with van der Waals surface area (Å²) in [5.74, 6) is 0.195. The average Bonchev–Trinajstić information content (AvgIpc) is 3.51. The summed E-state index contributed by atoms with van der Waals surface area (Å²) < 4.78 is 3.09. The second-order valence-corrected chi connectivity index (χ2v) is 11.6. The van der Waals surface area contributed by atoms with Crippen LogP contribution in [0.4, 0.5) is 10.9 Å². The van der Waals surface area contributed by atoms with Crippen molar-refractivity contribution in [2.75, 3.05) is 36.8 Å². The number of carbonyl (C=O) groups is 1. The molecule has 0 bridgehead atoms. The van der Waals surface area contributed by atoms with Crippen LogP contribution in [-0.4, -0.2) is 67.9 Å². The Labute approximate surface area is 239 Å². The molecule has 1 aromatic carbocycles. The maximum atomic E-state index is 12.1. The zero-order valence-corrected chi connectivity index (χ0v) is 24.2. The molecule has 3 aromatic heterocycles. The third kappa shape index (κ3) is 7.37. The van der Waals surface area contributed by atoms with Crippen LogP contribution in [-0.2, 0) is 24.2 Å². The minimum Gasteiger partial charge on any atom is -0.480 e. The molecule has 0 radical (unpaired) electrons. The number of carboxylic acid groups (broad SMARTS) is 1. The number of fused-ring (bicyclic) bond motifs is 2. The van der Waals surface area contributed by atoms with Gasteiger partial charge in [0, 0.05) is 31.0 Å². The molecule has 1 aliphatic heterocycles. The molecule has 10 heteroatoms. The van der Waals surface area contributed by atoms with Crippen molar-refractivity contribution >= 4 is 38.5 Å². The summed E-state index contributed by atoms with van der Waals surface area (Å²) in [6, 6.07) is 13.6. The molecule has 9 nitrogen and oxygen atoms in total. The SMILES string of the molecule is Cc1cc(C)n(CCN(CCCCc2ccc3c(n2)NCCC3)CC[C@H](Nc2nc3ccccc3s2)C(=O)O)n1. The molecule has 0 saturated carbocycles. The summed E-state index contributed by atoms with van der Waals surface area (Å²) in [6.45, 7) is 8.25. The van der Waals surface area contributed by atoms with Crippen LogP contribution in [0.3, 0.4) is 0 Å². The van der Waals surface area contributed by atoms with Gasteiger partial charge in [-0.15, -0.1) is 0 Å². The van der Waals surface area contributed by atoms with Gasteiger partial charge in [-0.1, -0.05) is 29.5 Å². The number of pyridine rings is 1.